The molecule has 2 aromatic heterocycles. The Kier molecular flexibility index (Phi) is 4.14. The van der Waals surface area contributed by atoms with E-state index in [2.05, 4.69) is 10.3 Å². The molecule has 8 heteroatoms. The molecule has 2 amide bonds. The smallest absolute Gasteiger partial charge is 0.274 e. The second-order valence-corrected chi connectivity index (χ2v) is 4.43. The average Bonchev–Trinajstić information content (AvgIpc) is 3.02. The lowest BCUT2D eigenvalue weighted by Gasteiger charge is -2.07. The van der Waals surface area contributed by atoms with E-state index in [0.29, 0.717) is 5.76 Å². The normalized spacial score (nSPS) is 10.1. The Morgan fingerprint density at radius 1 is 1.37 bits per heavy atom. The maximum Gasteiger partial charge on any atom is 0.274 e. The van der Waals surface area contributed by atoms with Crippen LogP contribution in [0.25, 0.3) is 10.6 Å². The molecular formula is C11H10N3O4S-. The van der Waals surface area contributed by atoms with Gasteiger partial charge < -0.3 is 25.0 Å². The third-order valence-electron chi connectivity index (χ3n) is 2.21. The molecule has 0 spiro atoms. The number of carboxylic acid groups (broad SMARTS) is 1. The van der Waals surface area contributed by atoms with Gasteiger partial charge in [-0.05, 0) is 11.4 Å². The minimum atomic E-state index is -1.38. The Balaban J connectivity index is 1.97. The molecule has 2 aromatic rings. The van der Waals surface area contributed by atoms with Gasteiger partial charge in [0.05, 0.1) is 4.88 Å². The quantitative estimate of drug-likeness (QED) is 0.753. The van der Waals surface area contributed by atoms with Crippen LogP contribution in [0.3, 0.4) is 0 Å². The maximum atomic E-state index is 11.8. The van der Waals surface area contributed by atoms with Crippen molar-refractivity contribution >= 4 is 23.3 Å². The Morgan fingerprint density at radius 3 is 2.84 bits per heavy atom. The van der Waals surface area contributed by atoms with Gasteiger partial charge in [0.1, 0.15) is 6.09 Å². The Morgan fingerprint density at radius 2 is 2.16 bits per heavy atom. The minimum Gasteiger partial charge on any atom is -0.530 e. The Labute approximate surface area is 112 Å². The van der Waals surface area contributed by atoms with E-state index in [9.17, 15) is 14.7 Å². The molecule has 0 fully saturated rings. The highest BCUT2D eigenvalue weighted by Crippen LogP contribution is 2.27. The van der Waals surface area contributed by atoms with Crippen molar-refractivity contribution in [1.29, 1.82) is 0 Å². The van der Waals surface area contributed by atoms with Crippen LogP contribution in [0.4, 0.5) is 4.79 Å². The first kappa shape index (κ1) is 13.1. The summed E-state index contributed by atoms with van der Waals surface area (Å²) < 4.78 is 5.19. The lowest BCUT2D eigenvalue weighted by molar-refractivity contribution is -0.250. The standard InChI is InChI=1S/C11H11N3O4S/c15-10(12-3-4-13-11(16)17)8-9(18-6-14-8)7-2-1-5-19-7/h1-2,5-6,13H,3-4H2,(H,12,15)(H,16,17)/p-1. The fraction of sp³-hybridized carbons (Fsp3) is 0.182. The number of oxazole rings is 1. The molecule has 0 aromatic carbocycles. The molecule has 100 valence electrons. The van der Waals surface area contributed by atoms with E-state index in [1.54, 1.807) is 0 Å². The minimum absolute atomic E-state index is 0.0697. The van der Waals surface area contributed by atoms with E-state index in [1.165, 1.54) is 17.7 Å². The SMILES string of the molecule is O=C([O-])NCCNC(=O)c1ncoc1-c1cccs1. The van der Waals surface area contributed by atoms with Crippen molar-refractivity contribution in [2.45, 2.75) is 0 Å². The highest BCUT2D eigenvalue weighted by atomic mass is 32.1. The van der Waals surface area contributed by atoms with E-state index in [-0.39, 0.29) is 18.8 Å². The zero-order chi connectivity index (χ0) is 13.7. The zero-order valence-electron chi connectivity index (χ0n) is 9.71. The number of aromatic nitrogens is 1. The first-order chi connectivity index (χ1) is 9.18. The summed E-state index contributed by atoms with van der Waals surface area (Å²) in [6.45, 7) is 0.212. The largest absolute Gasteiger partial charge is 0.530 e. The maximum absolute atomic E-state index is 11.8. The number of carbonyl (C=O) groups is 2. The number of hydrogen-bond donors (Lipinski definition) is 2. The Hall–Kier alpha value is -2.35. The third kappa shape index (κ3) is 3.32. The van der Waals surface area contributed by atoms with Gasteiger partial charge in [-0.25, -0.2) is 4.98 Å². The van der Waals surface area contributed by atoms with Gasteiger partial charge in [-0.1, -0.05) is 6.07 Å². The molecule has 0 bridgehead atoms. The van der Waals surface area contributed by atoms with E-state index >= 15 is 0 Å². The van der Waals surface area contributed by atoms with Crippen LogP contribution in [0.5, 0.6) is 0 Å². The molecule has 0 aliphatic heterocycles. The van der Waals surface area contributed by atoms with Crippen molar-refractivity contribution in [3.63, 3.8) is 0 Å². The lowest BCUT2D eigenvalue weighted by Crippen LogP contribution is -2.41. The van der Waals surface area contributed by atoms with Crippen LogP contribution in [0.1, 0.15) is 10.5 Å². The first-order valence-corrected chi connectivity index (χ1v) is 6.27. The number of amides is 2. The van der Waals surface area contributed by atoms with Crippen molar-refractivity contribution in [2.75, 3.05) is 13.1 Å². The third-order valence-corrected chi connectivity index (χ3v) is 3.08. The van der Waals surface area contributed by atoms with Gasteiger partial charge >= 0.3 is 0 Å². The van der Waals surface area contributed by atoms with Gasteiger partial charge in [-0.3, -0.25) is 4.79 Å². The number of nitrogens with one attached hydrogen (secondary N) is 2. The second kappa shape index (κ2) is 6.01. The number of hydrogen-bond acceptors (Lipinski definition) is 6. The molecule has 19 heavy (non-hydrogen) atoms. The molecule has 2 heterocycles. The van der Waals surface area contributed by atoms with Crippen molar-refractivity contribution in [3.05, 3.63) is 29.6 Å². The van der Waals surface area contributed by atoms with E-state index in [4.69, 9.17) is 4.42 Å². The zero-order valence-corrected chi connectivity index (χ0v) is 10.5. The Bertz CT molecular complexity index is 564. The summed E-state index contributed by atoms with van der Waals surface area (Å²) in [5.41, 5.74) is 0.177. The van der Waals surface area contributed by atoms with E-state index in [0.717, 1.165) is 4.88 Å². The van der Waals surface area contributed by atoms with Crippen molar-refractivity contribution in [3.8, 4) is 10.6 Å². The fourth-order valence-corrected chi connectivity index (χ4v) is 2.13. The summed E-state index contributed by atoms with van der Waals surface area (Å²) in [7, 11) is 0. The molecule has 0 atom stereocenters. The molecular weight excluding hydrogens is 270 g/mol. The van der Waals surface area contributed by atoms with Gasteiger partial charge in [0, 0.05) is 13.1 Å². The van der Waals surface area contributed by atoms with Crippen LogP contribution in [0.2, 0.25) is 0 Å². The molecule has 0 saturated carbocycles. The second-order valence-electron chi connectivity index (χ2n) is 3.48. The highest BCUT2D eigenvalue weighted by Gasteiger charge is 2.18. The summed E-state index contributed by atoms with van der Waals surface area (Å²) in [5, 5.41) is 16.6. The topological polar surface area (TPSA) is 107 Å². The predicted molar refractivity (Wildman–Crippen MR) is 65.5 cm³/mol. The number of nitrogens with zero attached hydrogens (tertiary/aromatic N) is 1. The lowest BCUT2D eigenvalue weighted by atomic mass is 10.3. The van der Waals surface area contributed by atoms with Gasteiger partial charge in [0.25, 0.3) is 5.91 Å². The first-order valence-electron chi connectivity index (χ1n) is 5.39. The van der Waals surface area contributed by atoms with Gasteiger partial charge in [-0.15, -0.1) is 11.3 Å². The highest BCUT2D eigenvalue weighted by molar-refractivity contribution is 7.13. The van der Waals surface area contributed by atoms with Crippen LogP contribution in [-0.2, 0) is 0 Å². The van der Waals surface area contributed by atoms with Gasteiger partial charge in [0.2, 0.25) is 0 Å². The fourth-order valence-electron chi connectivity index (χ4n) is 1.41. The number of rotatable bonds is 5. The average molecular weight is 280 g/mol. The number of carbonyl (C=O) groups excluding carboxylic acids is 2. The van der Waals surface area contributed by atoms with Crippen LogP contribution in [-0.4, -0.2) is 30.1 Å². The van der Waals surface area contributed by atoms with Crippen molar-refractivity contribution < 1.29 is 19.1 Å². The van der Waals surface area contributed by atoms with Gasteiger partial charge in [-0.2, -0.15) is 0 Å². The van der Waals surface area contributed by atoms with E-state index in [1.807, 2.05) is 22.8 Å². The monoisotopic (exact) mass is 280 g/mol. The van der Waals surface area contributed by atoms with E-state index < -0.39 is 12.0 Å². The van der Waals surface area contributed by atoms with Crippen LogP contribution < -0.4 is 15.7 Å². The van der Waals surface area contributed by atoms with Crippen molar-refractivity contribution in [2.24, 2.45) is 0 Å². The van der Waals surface area contributed by atoms with Gasteiger partial charge in [0.15, 0.2) is 17.8 Å². The summed E-state index contributed by atoms with van der Waals surface area (Å²) in [4.78, 5) is 26.6. The van der Waals surface area contributed by atoms with Crippen LogP contribution in [0, 0.1) is 0 Å². The summed E-state index contributed by atoms with van der Waals surface area (Å²) >= 11 is 1.43. The molecule has 7 nitrogen and oxygen atoms in total. The molecule has 0 aliphatic rings. The molecule has 0 radical (unpaired) electrons. The predicted octanol–water partition coefficient (Wildman–Crippen LogP) is 0.0658. The molecule has 2 rings (SSSR count). The molecule has 0 aliphatic carbocycles. The van der Waals surface area contributed by atoms with Crippen LogP contribution in [0.15, 0.2) is 28.3 Å². The summed E-state index contributed by atoms with van der Waals surface area (Å²) in [6.07, 6.45) is -0.182. The number of thiophene rings is 1. The van der Waals surface area contributed by atoms with Crippen molar-refractivity contribution in [1.82, 2.24) is 15.6 Å². The molecule has 2 N–H and O–H groups in total. The molecule has 0 unspecified atom stereocenters. The van der Waals surface area contributed by atoms with Crippen LogP contribution >= 0.6 is 11.3 Å². The summed E-state index contributed by atoms with van der Waals surface area (Å²) in [6, 6.07) is 3.66. The summed E-state index contributed by atoms with van der Waals surface area (Å²) in [5.74, 6) is -0.0161. The molecule has 0 saturated heterocycles.